The van der Waals surface area contributed by atoms with Gasteiger partial charge in [-0.1, -0.05) is 62.7 Å². The summed E-state index contributed by atoms with van der Waals surface area (Å²) in [6, 6.07) is 15.3. The molecule has 4 N–H and O–H groups in total. The van der Waals surface area contributed by atoms with E-state index in [1.807, 2.05) is 48.5 Å². The number of rotatable bonds is 4. The molecule has 194 valence electrons. The van der Waals surface area contributed by atoms with Crippen LogP contribution in [0.2, 0.25) is 5.02 Å². The highest BCUT2D eigenvalue weighted by molar-refractivity contribution is 6.30. The van der Waals surface area contributed by atoms with Gasteiger partial charge in [-0.2, -0.15) is 15.0 Å². The molecule has 1 aliphatic carbocycles. The highest BCUT2D eigenvalue weighted by Crippen LogP contribution is 2.45. The van der Waals surface area contributed by atoms with Crippen LogP contribution >= 0.6 is 11.6 Å². The zero-order chi connectivity index (χ0) is 27.0. The number of nitrogens with two attached hydrogens (primary N) is 2. The summed E-state index contributed by atoms with van der Waals surface area (Å²) in [4.78, 5) is 30.6. The Hall–Kier alpha value is -4.04. The highest BCUT2D eigenvalue weighted by Gasteiger charge is 2.35. The lowest BCUT2D eigenvalue weighted by Crippen LogP contribution is -2.28. The zero-order valence-electron chi connectivity index (χ0n) is 21.5. The molecule has 2 aromatic heterocycles. The number of para-hydroxylation sites is 1. The number of pyridine rings is 1. The third-order valence-corrected chi connectivity index (χ3v) is 7.12. The van der Waals surface area contributed by atoms with Crippen LogP contribution in [0.25, 0.3) is 22.6 Å². The lowest BCUT2D eigenvalue weighted by Gasteiger charge is -2.36. The van der Waals surface area contributed by atoms with Gasteiger partial charge in [0.25, 0.3) is 0 Å². The number of halogens is 1. The molecule has 9 heteroatoms. The number of nitrogen functional groups attached to an aromatic ring is 2. The first kappa shape index (κ1) is 25.6. The van der Waals surface area contributed by atoms with Crippen LogP contribution in [0.4, 0.5) is 11.9 Å². The summed E-state index contributed by atoms with van der Waals surface area (Å²) < 4.78 is 5.72. The van der Waals surface area contributed by atoms with Gasteiger partial charge in [-0.3, -0.25) is 0 Å². The van der Waals surface area contributed by atoms with Crippen molar-refractivity contribution in [1.82, 2.24) is 19.9 Å². The Bertz CT molecular complexity index is 1560. The molecule has 0 fully saturated rings. The van der Waals surface area contributed by atoms with Crippen LogP contribution < -0.4 is 11.5 Å². The molecule has 1 atom stereocenters. The van der Waals surface area contributed by atoms with Crippen molar-refractivity contribution in [2.45, 2.75) is 40.2 Å². The topological polar surface area (TPSA) is 130 Å². The molecular formula is C29H29ClN6O2. The van der Waals surface area contributed by atoms with Crippen molar-refractivity contribution in [3.05, 3.63) is 81.8 Å². The predicted molar refractivity (Wildman–Crippen MR) is 150 cm³/mol. The fourth-order valence-corrected chi connectivity index (χ4v) is 5.09. The van der Waals surface area contributed by atoms with Crippen LogP contribution in [0.5, 0.6) is 0 Å². The summed E-state index contributed by atoms with van der Waals surface area (Å²) in [5.74, 6) is -0.0740. The van der Waals surface area contributed by atoms with E-state index in [9.17, 15) is 4.79 Å². The summed E-state index contributed by atoms with van der Waals surface area (Å²) in [5, 5.41) is 1.40. The third kappa shape index (κ3) is 5.31. The maximum absolute atomic E-state index is 13.7. The fourth-order valence-electron chi connectivity index (χ4n) is 4.89. The van der Waals surface area contributed by atoms with Gasteiger partial charge in [-0.15, -0.1) is 0 Å². The summed E-state index contributed by atoms with van der Waals surface area (Å²) in [6.45, 7) is 6.49. The fraction of sp³-hybridized carbons (Fsp3) is 0.276. The smallest absolute Gasteiger partial charge is 0.339 e. The standard InChI is InChI=1S/C29H29ClN6O2/c1-29(2,3)18-13-17(11-16-7-6-8-19(30)12-16)25-21(14-18)24(20-9-4-5-10-22(20)33-25)26(37)38-15-23-34-27(31)36-28(32)35-23/h4-12,18H,13-15H2,1-3H3,(H4,31,32,34,35,36)/b17-11-/t18-/m0/s1. The monoisotopic (exact) mass is 528 g/mol. The number of carbonyl (C=O) groups excluding carboxylic acids is 1. The zero-order valence-corrected chi connectivity index (χ0v) is 22.3. The van der Waals surface area contributed by atoms with E-state index in [0.29, 0.717) is 17.0 Å². The molecule has 5 rings (SSSR count). The van der Waals surface area contributed by atoms with Crippen molar-refractivity contribution in [2.24, 2.45) is 11.3 Å². The molecule has 0 unspecified atom stereocenters. The second-order valence-corrected chi connectivity index (χ2v) is 11.0. The molecule has 0 saturated heterocycles. The Morgan fingerprint density at radius 1 is 1.03 bits per heavy atom. The van der Waals surface area contributed by atoms with E-state index in [2.05, 4.69) is 41.8 Å². The Morgan fingerprint density at radius 3 is 2.47 bits per heavy atom. The van der Waals surface area contributed by atoms with Gasteiger partial charge >= 0.3 is 5.97 Å². The van der Waals surface area contributed by atoms with Crippen molar-refractivity contribution in [1.29, 1.82) is 0 Å². The van der Waals surface area contributed by atoms with Crippen LogP contribution in [0.15, 0.2) is 48.5 Å². The van der Waals surface area contributed by atoms with Gasteiger partial charge < -0.3 is 16.2 Å². The molecule has 38 heavy (non-hydrogen) atoms. The molecular weight excluding hydrogens is 500 g/mol. The van der Waals surface area contributed by atoms with Gasteiger partial charge in [0.1, 0.15) is 0 Å². The maximum atomic E-state index is 13.7. The first-order chi connectivity index (χ1) is 18.1. The van der Waals surface area contributed by atoms with E-state index in [0.717, 1.165) is 39.7 Å². The van der Waals surface area contributed by atoms with Crippen molar-refractivity contribution in [2.75, 3.05) is 11.5 Å². The minimum atomic E-state index is -0.478. The Kier molecular flexibility index (Phi) is 6.75. The molecule has 0 radical (unpaired) electrons. The van der Waals surface area contributed by atoms with Crippen LogP contribution in [0.1, 0.15) is 60.2 Å². The number of fused-ring (bicyclic) bond motifs is 2. The molecule has 0 amide bonds. The predicted octanol–water partition coefficient (Wildman–Crippen LogP) is 5.74. The molecule has 1 aliphatic rings. The van der Waals surface area contributed by atoms with E-state index >= 15 is 0 Å². The summed E-state index contributed by atoms with van der Waals surface area (Å²) in [7, 11) is 0. The van der Waals surface area contributed by atoms with E-state index in [1.165, 1.54) is 0 Å². The number of allylic oxidation sites excluding steroid dienone is 1. The largest absolute Gasteiger partial charge is 0.454 e. The molecule has 0 aliphatic heterocycles. The van der Waals surface area contributed by atoms with Crippen LogP contribution in [-0.2, 0) is 17.8 Å². The number of anilines is 2. The SMILES string of the molecule is CC(C)(C)[C@H]1C/C(=C/c2cccc(Cl)c2)c2nc3ccccc3c(C(=O)OCc3nc(N)nc(N)n3)c2C1. The van der Waals surface area contributed by atoms with Gasteiger partial charge in [0.15, 0.2) is 12.4 Å². The first-order valence-electron chi connectivity index (χ1n) is 12.4. The summed E-state index contributed by atoms with van der Waals surface area (Å²) in [5.41, 5.74) is 16.3. The Labute approximate surface area is 226 Å². The number of aromatic nitrogens is 4. The number of nitrogens with zero attached hydrogens (tertiary/aromatic N) is 4. The normalized spacial score (nSPS) is 16.4. The Morgan fingerprint density at radius 2 is 1.76 bits per heavy atom. The summed E-state index contributed by atoms with van der Waals surface area (Å²) >= 11 is 6.28. The first-order valence-corrected chi connectivity index (χ1v) is 12.8. The van der Waals surface area contributed by atoms with E-state index < -0.39 is 5.97 Å². The van der Waals surface area contributed by atoms with Gasteiger partial charge in [-0.25, -0.2) is 9.78 Å². The lowest BCUT2D eigenvalue weighted by molar-refractivity contribution is 0.0462. The van der Waals surface area contributed by atoms with Crippen molar-refractivity contribution in [3.63, 3.8) is 0 Å². The molecule has 0 spiro atoms. The second kappa shape index (κ2) is 10.0. The molecule has 0 saturated carbocycles. The lowest BCUT2D eigenvalue weighted by atomic mass is 9.69. The number of carbonyl (C=O) groups is 1. The average molecular weight is 529 g/mol. The molecule has 8 nitrogen and oxygen atoms in total. The van der Waals surface area contributed by atoms with Gasteiger partial charge in [0.05, 0.1) is 16.8 Å². The second-order valence-electron chi connectivity index (χ2n) is 10.6. The van der Waals surface area contributed by atoms with E-state index in [4.69, 9.17) is 32.8 Å². The number of ether oxygens (including phenoxy) is 1. The van der Waals surface area contributed by atoms with Crippen molar-refractivity contribution < 1.29 is 9.53 Å². The molecule has 4 aromatic rings. The molecule has 0 bridgehead atoms. The number of hydrogen-bond donors (Lipinski definition) is 2. The van der Waals surface area contributed by atoms with E-state index in [1.54, 1.807) is 0 Å². The van der Waals surface area contributed by atoms with Crippen molar-refractivity contribution in [3.8, 4) is 0 Å². The van der Waals surface area contributed by atoms with Gasteiger partial charge in [0, 0.05) is 10.4 Å². The van der Waals surface area contributed by atoms with Crippen LogP contribution in [0, 0.1) is 11.3 Å². The highest BCUT2D eigenvalue weighted by atomic mass is 35.5. The Balaban J connectivity index is 1.64. The minimum absolute atomic E-state index is 0.00212. The van der Waals surface area contributed by atoms with Crippen LogP contribution in [-0.4, -0.2) is 25.9 Å². The summed E-state index contributed by atoms with van der Waals surface area (Å²) in [6.07, 6.45) is 3.64. The molecule has 2 heterocycles. The molecule has 2 aromatic carbocycles. The number of hydrogen-bond acceptors (Lipinski definition) is 8. The third-order valence-electron chi connectivity index (χ3n) is 6.88. The number of esters is 1. The minimum Gasteiger partial charge on any atom is -0.454 e. The van der Waals surface area contributed by atoms with Gasteiger partial charge in [-0.05, 0) is 65.1 Å². The average Bonchev–Trinajstić information content (AvgIpc) is 2.85. The van der Waals surface area contributed by atoms with E-state index in [-0.39, 0.29) is 35.7 Å². The van der Waals surface area contributed by atoms with Crippen LogP contribution in [0.3, 0.4) is 0 Å². The quantitative estimate of drug-likeness (QED) is 0.320. The maximum Gasteiger partial charge on any atom is 0.339 e. The van der Waals surface area contributed by atoms with Crippen molar-refractivity contribution >= 4 is 52.0 Å². The van der Waals surface area contributed by atoms with Gasteiger partial charge in [0.2, 0.25) is 11.9 Å². The number of benzene rings is 2.